The van der Waals surface area contributed by atoms with Crippen LogP contribution in [0.4, 0.5) is 0 Å². The van der Waals surface area contributed by atoms with Crippen LogP contribution in [0, 0.1) is 0 Å². The zero-order valence-electron chi connectivity index (χ0n) is 4.26. The van der Waals surface area contributed by atoms with Crippen LogP contribution < -0.4 is 5.43 Å². The molecule has 0 bridgehead atoms. The fraction of sp³-hybridized carbons (Fsp3) is 1.00. The van der Waals surface area contributed by atoms with E-state index in [1.165, 1.54) is 0 Å². The van der Waals surface area contributed by atoms with Crippen LogP contribution in [0.5, 0.6) is 0 Å². The molecule has 0 amide bonds. The molecular weight excluding hydrogens is 112 g/mol. The number of alkyl halides is 1. The van der Waals surface area contributed by atoms with Crippen molar-refractivity contribution >= 4 is 11.6 Å². The third-order valence-electron chi connectivity index (χ3n) is 1.10. The summed E-state index contributed by atoms with van der Waals surface area (Å²) in [5.74, 6) is 0. The number of halogens is 1. The Kier molecular flexibility index (Phi) is 1.52. The van der Waals surface area contributed by atoms with Crippen LogP contribution in [-0.2, 0) is 0 Å². The predicted octanol–water partition coefficient (Wildman–Crippen LogP) is 0.406. The van der Waals surface area contributed by atoms with Gasteiger partial charge in [-0.2, -0.15) is 5.43 Å². The van der Waals surface area contributed by atoms with Gasteiger partial charge in [-0.05, 0) is 6.42 Å². The Morgan fingerprint density at radius 2 is 2.57 bits per heavy atom. The van der Waals surface area contributed by atoms with E-state index >= 15 is 0 Å². The van der Waals surface area contributed by atoms with E-state index in [0.29, 0.717) is 0 Å². The second-order valence-electron chi connectivity index (χ2n) is 1.66. The van der Waals surface area contributed by atoms with E-state index in [1.807, 2.05) is 7.05 Å². The van der Waals surface area contributed by atoms with Crippen LogP contribution in [0.1, 0.15) is 6.42 Å². The van der Waals surface area contributed by atoms with Gasteiger partial charge in [0.15, 0.2) is 0 Å². The lowest BCUT2D eigenvalue weighted by molar-refractivity contribution is 0.283. The van der Waals surface area contributed by atoms with E-state index < -0.39 is 0 Å². The van der Waals surface area contributed by atoms with Crippen molar-refractivity contribution in [3.63, 3.8) is 0 Å². The average molecular weight is 120 g/mol. The maximum Gasteiger partial charge on any atom is 0.101 e. The van der Waals surface area contributed by atoms with Gasteiger partial charge in [-0.1, -0.05) is 0 Å². The van der Waals surface area contributed by atoms with Gasteiger partial charge in [0, 0.05) is 13.6 Å². The topological polar surface area (TPSA) is 17.3 Å². The molecule has 3 heteroatoms. The molecule has 1 atom stereocenters. The molecular formula is C4H8ClN2. The highest BCUT2D eigenvalue weighted by Gasteiger charge is 2.17. The molecule has 0 N–H and O–H groups in total. The van der Waals surface area contributed by atoms with Gasteiger partial charge in [0.1, 0.15) is 5.50 Å². The maximum absolute atomic E-state index is 5.69. The molecule has 0 aromatic heterocycles. The molecule has 1 saturated heterocycles. The quantitative estimate of drug-likeness (QED) is 0.334. The van der Waals surface area contributed by atoms with Crippen molar-refractivity contribution in [3.8, 4) is 0 Å². The van der Waals surface area contributed by atoms with Gasteiger partial charge in [0.2, 0.25) is 0 Å². The first-order chi connectivity index (χ1) is 3.30. The highest BCUT2D eigenvalue weighted by molar-refractivity contribution is 6.20. The Hall–Kier alpha value is 0.210. The first kappa shape index (κ1) is 5.35. The molecule has 41 valence electrons. The van der Waals surface area contributed by atoms with Crippen LogP contribution in [0.15, 0.2) is 0 Å². The molecule has 1 radical (unpaired) electrons. The summed E-state index contributed by atoms with van der Waals surface area (Å²) in [6.07, 6.45) is 0.998. The van der Waals surface area contributed by atoms with Crippen molar-refractivity contribution in [1.82, 2.24) is 10.4 Å². The van der Waals surface area contributed by atoms with E-state index in [2.05, 4.69) is 5.43 Å². The van der Waals surface area contributed by atoms with Crippen molar-refractivity contribution in [2.75, 3.05) is 13.6 Å². The molecule has 0 aromatic carbocycles. The van der Waals surface area contributed by atoms with Crippen molar-refractivity contribution in [1.29, 1.82) is 0 Å². The third kappa shape index (κ3) is 1.06. The summed E-state index contributed by atoms with van der Waals surface area (Å²) in [4.78, 5) is 0. The molecule has 1 rings (SSSR count). The van der Waals surface area contributed by atoms with Crippen molar-refractivity contribution in [3.05, 3.63) is 0 Å². The zero-order valence-corrected chi connectivity index (χ0v) is 5.02. The lowest BCUT2D eigenvalue weighted by atomic mass is 10.5. The van der Waals surface area contributed by atoms with Gasteiger partial charge in [0.05, 0.1) is 0 Å². The smallest absolute Gasteiger partial charge is 0.101 e. The second-order valence-corrected chi connectivity index (χ2v) is 2.17. The SMILES string of the molecule is CN1[N]CCC1Cl. The predicted molar refractivity (Wildman–Crippen MR) is 29.0 cm³/mol. The Balaban J connectivity index is 2.33. The van der Waals surface area contributed by atoms with Crippen LogP contribution in [-0.4, -0.2) is 24.1 Å². The molecule has 1 heterocycles. The summed E-state index contributed by atoms with van der Waals surface area (Å²) in [6.45, 7) is 0.894. The van der Waals surface area contributed by atoms with Crippen molar-refractivity contribution in [2.24, 2.45) is 0 Å². The van der Waals surface area contributed by atoms with E-state index in [-0.39, 0.29) is 5.50 Å². The highest BCUT2D eigenvalue weighted by Crippen LogP contribution is 2.10. The standard InChI is InChI=1S/C4H8ClN2/c1-7-4(5)2-3-6-7/h4H,2-3H2,1H3. The Morgan fingerprint density at radius 3 is 2.71 bits per heavy atom. The number of hydrogen-bond acceptors (Lipinski definition) is 1. The van der Waals surface area contributed by atoms with Crippen LogP contribution in [0.25, 0.3) is 0 Å². The van der Waals surface area contributed by atoms with E-state index in [4.69, 9.17) is 11.6 Å². The Labute approximate surface area is 48.4 Å². The van der Waals surface area contributed by atoms with Gasteiger partial charge in [-0.15, -0.1) is 11.6 Å². The van der Waals surface area contributed by atoms with Crippen molar-refractivity contribution in [2.45, 2.75) is 11.9 Å². The minimum absolute atomic E-state index is 0.153. The highest BCUT2D eigenvalue weighted by atomic mass is 35.5. The minimum Gasteiger partial charge on any atom is -0.212 e. The van der Waals surface area contributed by atoms with Crippen molar-refractivity contribution < 1.29 is 0 Å². The van der Waals surface area contributed by atoms with Gasteiger partial charge < -0.3 is 0 Å². The first-order valence-electron chi connectivity index (χ1n) is 2.35. The Morgan fingerprint density at radius 1 is 1.86 bits per heavy atom. The van der Waals surface area contributed by atoms with Crippen LogP contribution >= 0.6 is 11.6 Å². The number of nitrogens with zero attached hydrogens (tertiary/aromatic N) is 2. The monoisotopic (exact) mass is 119 g/mol. The molecule has 0 aliphatic carbocycles. The summed E-state index contributed by atoms with van der Waals surface area (Å²) >= 11 is 5.69. The molecule has 0 aromatic rings. The average Bonchev–Trinajstić information content (AvgIpc) is 1.91. The fourth-order valence-corrected chi connectivity index (χ4v) is 0.757. The van der Waals surface area contributed by atoms with Gasteiger partial charge in [0.25, 0.3) is 0 Å². The zero-order chi connectivity index (χ0) is 5.28. The van der Waals surface area contributed by atoms with E-state index in [0.717, 1.165) is 13.0 Å². The normalized spacial score (nSPS) is 34.3. The summed E-state index contributed by atoms with van der Waals surface area (Å²) in [6, 6.07) is 0. The maximum atomic E-state index is 5.69. The number of hydrogen-bond donors (Lipinski definition) is 0. The summed E-state index contributed by atoms with van der Waals surface area (Å²) < 4.78 is 0. The Bertz CT molecular complexity index is 58.7. The molecule has 1 fully saturated rings. The third-order valence-corrected chi connectivity index (χ3v) is 1.60. The summed E-state index contributed by atoms with van der Waals surface area (Å²) in [5.41, 5.74) is 4.17. The van der Waals surface area contributed by atoms with Gasteiger partial charge in [-0.3, -0.25) is 0 Å². The summed E-state index contributed by atoms with van der Waals surface area (Å²) in [5, 5.41) is 1.79. The second kappa shape index (κ2) is 1.99. The molecule has 0 saturated carbocycles. The molecule has 1 aliphatic rings. The first-order valence-corrected chi connectivity index (χ1v) is 2.78. The lowest BCUT2D eigenvalue weighted by Gasteiger charge is -2.07. The largest absolute Gasteiger partial charge is 0.212 e. The van der Waals surface area contributed by atoms with Gasteiger partial charge >= 0.3 is 0 Å². The molecule has 1 aliphatic heterocycles. The van der Waals surface area contributed by atoms with Crippen LogP contribution in [0.3, 0.4) is 0 Å². The van der Waals surface area contributed by atoms with Crippen LogP contribution in [0.2, 0.25) is 0 Å². The minimum atomic E-state index is 0.153. The molecule has 2 nitrogen and oxygen atoms in total. The fourth-order valence-electron chi connectivity index (χ4n) is 0.597. The molecule has 0 spiro atoms. The lowest BCUT2D eigenvalue weighted by Crippen LogP contribution is -2.23. The molecule has 1 unspecified atom stereocenters. The summed E-state index contributed by atoms with van der Waals surface area (Å²) in [7, 11) is 1.89. The van der Waals surface area contributed by atoms with Gasteiger partial charge in [-0.25, -0.2) is 5.01 Å². The van der Waals surface area contributed by atoms with E-state index in [9.17, 15) is 0 Å². The van der Waals surface area contributed by atoms with E-state index in [1.54, 1.807) is 5.01 Å². The molecule has 7 heavy (non-hydrogen) atoms. The number of rotatable bonds is 0.